The lowest BCUT2D eigenvalue weighted by molar-refractivity contribution is -0.143. The van der Waals surface area contributed by atoms with Crippen molar-refractivity contribution >= 4 is 23.6 Å². The van der Waals surface area contributed by atoms with E-state index in [9.17, 15) is 28.7 Å². The summed E-state index contributed by atoms with van der Waals surface area (Å²) in [6.07, 6.45) is 0.772. The molecule has 3 aromatic carbocycles. The van der Waals surface area contributed by atoms with Crippen LogP contribution in [0.15, 0.2) is 78.9 Å². The van der Waals surface area contributed by atoms with E-state index in [1.54, 1.807) is 30.3 Å². The molecule has 5 atom stereocenters. The molecule has 1 saturated carbocycles. The molecule has 2 fully saturated rings. The molecular formula is C38H44FN5O6. The Kier molecular flexibility index (Phi) is 11.1. The highest BCUT2D eigenvalue weighted by Gasteiger charge is 2.38. The van der Waals surface area contributed by atoms with Gasteiger partial charge in [-0.3, -0.25) is 24.1 Å². The molecule has 264 valence electrons. The first kappa shape index (κ1) is 35.0. The van der Waals surface area contributed by atoms with Crippen LogP contribution in [0.25, 0.3) is 0 Å². The maximum absolute atomic E-state index is 14.7. The molecule has 1 saturated heterocycles. The van der Waals surface area contributed by atoms with Crippen LogP contribution in [0.1, 0.15) is 42.4 Å². The molecule has 4 amide bonds. The number of likely N-dealkylation sites (tertiary alicyclic amines) is 1. The number of ether oxygens (including phenoxy) is 1. The minimum absolute atomic E-state index is 0.209. The summed E-state index contributed by atoms with van der Waals surface area (Å²) >= 11 is 0. The van der Waals surface area contributed by atoms with Crippen molar-refractivity contribution in [2.24, 2.45) is 5.92 Å². The van der Waals surface area contributed by atoms with E-state index in [1.807, 2.05) is 42.5 Å². The van der Waals surface area contributed by atoms with Gasteiger partial charge in [0, 0.05) is 50.1 Å². The first-order valence-electron chi connectivity index (χ1n) is 17.2. The van der Waals surface area contributed by atoms with E-state index >= 15 is 0 Å². The van der Waals surface area contributed by atoms with Crippen LogP contribution in [0.4, 0.5) is 4.39 Å². The van der Waals surface area contributed by atoms with Crippen LogP contribution in [-0.4, -0.2) is 95.6 Å². The summed E-state index contributed by atoms with van der Waals surface area (Å²) in [4.78, 5) is 58.0. The number of hydrogen-bond donors (Lipinski definition) is 4. The number of amides is 4. The summed E-state index contributed by atoms with van der Waals surface area (Å²) in [7, 11) is 0. The fourth-order valence-corrected chi connectivity index (χ4v) is 6.75. The third-order valence-electron chi connectivity index (χ3n) is 9.55. The van der Waals surface area contributed by atoms with Gasteiger partial charge in [-0.2, -0.15) is 0 Å². The van der Waals surface area contributed by atoms with Crippen LogP contribution in [0.3, 0.4) is 0 Å². The zero-order valence-electron chi connectivity index (χ0n) is 28.1. The predicted molar refractivity (Wildman–Crippen MR) is 183 cm³/mol. The Bertz CT molecular complexity index is 1680. The number of rotatable bonds is 7. The first-order valence-corrected chi connectivity index (χ1v) is 17.2. The van der Waals surface area contributed by atoms with Gasteiger partial charge in [-0.05, 0) is 55.0 Å². The standard InChI is InChI=1S/C38H44FN5O6/c1-24(45)36-38(49)44(18-26-14-15-26)22-34(46)40-32(16-25-8-3-2-4-9-25)37(48)41-33-21-43(19-28-10-5-6-13-31(28)39)20-30(33)27-11-7-12-29(17-27)50-23-35(47)42-36/h2-13,17,24,26,30,32-33,36,45H,14-16,18-23H2,1H3,(H,40,46)(H,41,48)(H,42,47)/t24-,30-,32+,33+,36+/m1/s1. The third kappa shape index (κ3) is 9.05. The summed E-state index contributed by atoms with van der Waals surface area (Å²) in [6, 6.07) is 20.5. The largest absolute Gasteiger partial charge is 0.484 e. The van der Waals surface area contributed by atoms with Crippen molar-refractivity contribution in [1.29, 1.82) is 0 Å². The summed E-state index contributed by atoms with van der Waals surface area (Å²) in [6.45, 7) is 2.20. The van der Waals surface area contributed by atoms with Gasteiger partial charge in [0.15, 0.2) is 6.61 Å². The second-order valence-corrected chi connectivity index (χ2v) is 13.6. The molecule has 0 unspecified atom stereocenters. The van der Waals surface area contributed by atoms with E-state index < -0.39 is 48.6 Å². The van der Waals surface area contributed by atoms with Crippen molar-refractivity contribution in [1.82, 2.24) is 25.8 Å². The topological polar surface area (TPSA) is 140 Å². The van der Waals surface area contributed by atoms with Gasteiger partial charge in [-0.25, -0.2) is 4.39 Å². The van der Waals surface area contributed by atoms with Crippen molar-refractivity contribution in [3.8, 4) is 5.75 Å². The number of nitrogens with zero attached hydrogens (tertiary/aromatic N) is 2. The Morgan fingerprint density at radius 3 is 2.40 bits per heavy atom. The molecule has 3 aliphatic rings. The average molecular weight is 686 g/mol. The van der Waals surface area contributed by atoms with Crippen molar-refractivity contribution in [3.05, 3.63) is 101 Å². The Hall–Kier alpha value is -4.81. The van der Waals surface area contributed by atoms with E-state index in [0.717, 1.165) is 24.0 Å². The van der Waals surface area contributed by atoms with E-state index in [2.05, 4.69) is 20.9 Å². The molecule has 4 N–H and O–H groups in total. The second-order valence-electron chi connectivity index (χ2n) is 13.6. The Morgan fingerprint density at radius 2 is 1.66 bits per heavy atom. The highest BCUT2D eigenvalue weighted by Crippen LogP contribution is 2.32. The zero-order chi connectivity index (χ0) is 35.2. The lowest BCUT2D eigenvalue weighted by Gasteiger charge is -2.30. The molecule has 1 aliphatic carbocycles. The zero-order valence-corrected chi connectivity index (χ0v) is 28.1. The van der Waals surface area contributed by atoms with Gasteiger partial charge in [-0.15, -0.1) is 0 Å². The van der Waals surface area contributed by atoms with Crippen LogP contribution in [0, 0.1) is 11.7 Å². The van der Waals surface area contributed by atoms with Gasteiger partial charge in [0.2, 0.25) is 17.7 Å². The van der Waals surface area contributed by atoms with E-state index in [4.69, 9.17) is 4.74 Å². The molecule has 6 rings (SSSR count). The van der Waals surface area contributed by atoms with Crippen LogP contribution >= 0.6 is 0 Å². The average Bonchev–Trinajstić information content (AvgIpc) is 3.84. The number of hydrogen-bond acceptors (Lipinski definition) is 7. The monoisotopic (exact) mass is 685 g/mol. The van der Waals surface area contributed by atoms with E-state index in [1.165, 1.54) is 17.9 Å². The van der Waals surface area contributed by atoms with Gasteiger partial charge in [-0.1, -0.05) is 60.7 Å². The minimum Gasteiger partial charge on any atom is -0.484 e. The van der Waals surface area contributed by atoms with Crippen LogP contribution < -0.4 is 20.7 Å². The van der Waals surface area contributed by atoms with Crippen molar-refractivity contribution < 1.29 is 33.4 Å². The summed E-state index contributed by atoms with van der Waals surface area (Å²) in [5.41, 5.74) is 2.23. The third-order valence-corrected chi connectivity index (χ3v) is 9.55. The second kappa shape index (κ2) is 15.8. The lowest BCUT2D eigenvalue weighted by atomic mass is 9.93. The SMILES string of the molecule is C[C@@H](O)[C@@H]1NC(=O)COc2cccc(c2)[C@H]2CN(Cc3ccccc3F)C[C@@H]2NC(=O)[C@H](Cc2ccccc2)NC(=O)CN(CC2CC2)C1=O. The van der Waals surface area contributed by atoms with Gasteiger partial charge >= 0.3 is 0 Å². The Labute approximate surface area is 291 Å². The highest BCUT2D eigenvalue weighted by atomic mass is 19.1. The number of carbonyl (C=O) groups excluding carboxylic acids is 4. The molecule has 2 aliphatic heterocycles. The fraction of sp³-hybridized carbons (Fsp3) is 0.421. The number of benzene rings is 3. The van der Waals surface area contributed by atoms with Crippen LogP contribution in [0.2, 0.25) is 0 Å². The molecule has 0 aromatic heterocycles. The van der Waals surface area contributed by atoms with Gasteiger partial charge in [0.05, 0.1) is 12.6 Å². The number of carbonyl (C=O) groups is 4. The van der Waals surface area contributed by atoms with Crippen LogP contribution in [-0.2, 0) is 32.1 Å². The predicted octanol–water partition coefficient (Wildman–Crippen LogP) is 2.13. The quantitative estimate of drug-likeness (QED) is 0.299. The molecule has 3 aromatic rings. The van der Waals surface area contributed by atoms with Crippen molar-refractivity contribution in [3.63, 3.8) is 0 Å². The molecule has 11 nitrogen and oxygen atoms in total. The summed E-state index contributed by atoms with van der Waals surface area (Å²) in [5, 5.41) is 19.2. The van der Waals surface area contributed by atoms with E-state index in [0.29, 0.717) is 30.9 Å². The first-order chi connectivity index (χ1) is 24.1. The number of fused-ring (bicyclic) bond motifs is 4. The van der Waals surface area contributed by atoms with Gasteiger partial charge in [0.25, 0.3) is 5.91 Å². The normalized spacial score (nSPS) is 24.6. The van der Waals surface area contributed by atoms with Crippen molar-refractivity contribution in [2.75, 3.05) is 32.8 Å². The summed E-state index contributed by atoms with van der Waals surface area (Å²) < 4.78 is 20.5. The minimum atomic E-state index is -1.30. The molecule has 2 bridgehead atoms. The molecule has 0 spiro atoms. The maximum atomic E-state index is 14.7. The van der Waals surface area contributed by atoms with Gasteiger partial charge in [0.1, 0.15) is 23.7 Å². The van der Waals surface area contributed by atoms with Crippen LogP contribution in [0.5, 0.6) is 5.75 Å². The van der Waals surface area contributed by atoms with E-state index in [-0.39, 0.29) is 43.1 Å². The molecule has 12 heteroatoms. The molecule has 50 heavy (non-hydrogen) atoms. The van der Waals surface area contributed by atoms with Gasteiger partial charge < -0.3 is 30.7 Å². The molecule has 0 radical (unpaired) electrons. The highest BCUT2D eigenvalue weighted by molar-refractivity contribution is 5.93. The number of halogens is 1. The fourth-order valence-electron chi connectivity index (χ4n) is 6.75. The maximum Gasteiger partial charge on any atom is 0.258 e. The Balaban J connectivity index is 1.32. The molecular weight excluding hydrogens is 641 g/mol. The smallest absolute Gasteiger partial charge is 0.258 e. The number of aliphatic hydroxyl groups excluding tert-OH is 1. The van der Waals surface area contributed by atoms with Crippen molar-refractivity contribution in [2.45, 2.75) is 62.9 Å². The number of aliphatic hydroxyl groups is 1. The number of nitrogens with one attached hydrogen (secondary N) is 3. The Morgan fingerprint density at radius 1 is 0.900 bits per heavy atom. The summed E-state index contributed by atoms with van der Waals surface area (Å²) in [5.74, 6) is -2.01. The lowest BCUT2D eigenvalue weighted by Crippen LogP contribution is -2.58. The molecule has 2 heterocycles.